The number of rotatable bonds is 9. The SMILES string of the molecule is CC(=O)N[C@@H](CC(=O)NC[C@@H](Cc1ccccc1)C(C)C)c1ccccc1. The van der Waals surface area contributed by atoms with E-state index in [0.717, 1.165) is 12.0 Å². The van der Waals surface area contributed by atoms with Gasteiger partial charge < -0.3 is 10.6 Å². The summed E-state index contributed by atoms with van der Waals surface area (Å²) in [6, 6.07) is 19.7. The van der Waals surface area contributed by atoms with E-state index in [1.165, 1.54) is 12.5 Å². The summed E-state index contributed by atoms with van der Waals surface area (Å²) < 4.78 is 0. The Hall–Kier alpha value is -2.62. The van der Waals surface area contributed by atoms with Crippen LogP contribution in [0.4, 0.5) is 0 Å². The third-order valence-electron chi connectivity index (χ3n) is 4.81. The Balaban J connectivity index is 1.94. The number of hydrogen-bond acceptors (Lipinski definition) is 2. The maximum absolute atomic E-state index is 12.5. The molecule has 144 valence electrons. The molecule has 0 radical (unpaired) electrons. The second kappa shape index (κ2) is 10.5. The monoisotopic (exact) mass is 366 g/mol. The van der Waals surface area contributed by atoms with Crippen LogP contribution in [0.25, 0.3) is 0 Å². The minimum atomic E-state index is -0.310. The number of amides is 2. The minimum Gasteiger partial charge on any atom is -0.356 e. The normalized spacial score (nSPS) is 13.0. The summed E-state index contributed by atoms with van der Waals surface area (Å²) in [6.45, 7) is 6.48. The quantitative estimate of drug-likeness (QED) is 0.707. The lowest BCUT2D eigenvalue weighted by Gasteiger charge is -2.23. The summed E-state index contributed by atoms with van der Waals surface area (Å²) >= 11 is 0. The number of hydrogen-bond donors (Lipinski definition) is 2. The summed E-state index contributed by atoms with van der Waals surface area (Å²) in [7, 11) is 0. The van der Waals surface area contributed by atoms with E-state index in [4.69, 9.17) is 0 Å². The Bertz CT molecular complexity index is 714. The molecule has 0 bridgehead atoms. The van der Waals surface area contributed by atoms with Crippen molar-refractivity contribution in [1.82, 2.24) is 10.6 Å². The molecule has 0 aliphatic heterocycles. The lowest BCUT2D eigenvalue weighted by Crippen LogP contribution is -2.36. The molecule has 27 heavy (non-hydrogen) atoms. The van der Waals surface area contributed by atoms with Gasteiger partial charge >= 0.3 is 0 Å². The maximum atomic E-state index is 12.5. The van der Waals surface area contributed by atoms with Crippen molar-refractivity contribution in [2.75, 3.05) is 6.54 Å². The second-order valence-corrected chi connectivity index (χ2v) is 7.37. The number of nitrogens with one attached hydrogen (secondary N) is 2. The van der Waals surface area contributed by atoms with Crippen molar-refractivity contribution in [2.24, 2.45) is 11.8 Å². The Kier molecular flexibility index (Phi) is 8.05. The van der Waals surface area contributed by atoms with E-state index in [9.17, 15) is 9.59 Å². The van der Waals surface area contributed by atoms with Gasteiger partial charge in [-0.15, -0.1) is 0 Å². The molecule has 0 aromatic heterocycles. The van der Waals surface area contributed by atoms with Crippen LogP contribution in [0.2, 0.25) is 0 Å². The molecule has 0 heterocycles. The summed E-state index contributed by atoms with van der Waals surface area (Å²) in [5, 5.41) is 5.95. The Morgan fingerprint density at radius 2 is 1.52 bits per heavy atom. The van der Waals surface area contributed by atoms with E-state index in [0.29, 0.717) is 18.4 Å². The van der Waals surface area contributed by atoms with Crippen molar-refractivity contribution in [3.8, 4) is 0 Å². The van der Waals surface area contributed by atoms with Gasteiger partial charge in [0.05, 0.1) is 12.5 Å². The van der Waals surface area contributed by atoms with Crippen molar-refractivity contribution in [1.29, 1.82) is 0 Å². The summed E-state index contributed by atoms with van der Waals surface area (Å²) in [5.41, 5.74) is 2.22. The molecule has 2 atom stereocenters. The fourth-order valence-electron chi connectivity index (χ4n) is 3.15. The average Bonchev–Trinajstić information content (AvgIpc) is 2.65. The van der Waals surface area contributed by atoms with E-state index in [1.54, 1.807) is 0 Å². The van der Waals surface area contributed by atoms with Crippen LogP contribution in [-0.4, -0.2) is 18.4 Å². The highest BCUT2D eigenvalue weighted by molar-refractivity contribution is 5.79. The molecule has 4 nitrogen and oxygen atoms in total. The number of carbonyl (C=O) groups excluding carboxylic acids is 2. The molecule has 0 fully saturated rings. The Morgan fingerprint density at radius 3 is 2.07 bits per heavy atom. The van der Waals surface area contributed by atoms with E-state index in [-0.39, 0.29) is 24.3 Å². The molecule has 0 aliphatic rings. The predicted molar refractivity (Wildman–Crippen MR) is 109 cm³/mol. The molecular weight excluding hydrogens is 336 g/mol. The molecule has 2 aromatic rings. The molecule has 2 rings (SSSR count). The molecule has 0 spiro atoms. The molecule has 0 saturated carbocycles. The molecule has 0 unspecified atom stereocenters. The first-order valence-corrected chi connectivity index (χ1v) is 9.58. The zero-order valence-corrected chi connectivity index (χ0v) is 16.4. The van der Waals surface area contributed by atoms with Gasteiger partial charge in [-0.05, 0) is 29.4 Å². The molecule has 2 amide bonds. The van der Waals surface area contributed by atoms with Crippen LogP contribution in [-0.2, 0) is 16.0 Å². The van der Waals surface area contributed by atoms with Crippen molar-refractivity contribution < 1.29 is 9.59 Å². The van der Waals surface area contributed by atoms with Crippen molar-refractivity contribution in [3.63, 3.8) is 0 Å². The third-order valence-corrected chi connectivity index (χ3v) is 4.81. The smallest absolute Gasteiger partial charge is 0.222 e. The standard InChI is InChI=1S/C23H30N2O2/c1-17(2)21(14-19-10-6-4-7-11-19)16-24-23(27)15-22(25-18(3)26)20-12-8-5-9-13-20/h4-13,17,21-22H,14-16H2,1-3H3,(H,24,27)(H,25,26)/t21-,22+/m1/s1. The van der Waals surface area contributed by atoms with Gasteiger partial charge in [-0.3, -0.25) is 9.59 Å². The maximum Gasteiger partial charge on any atom is 0.222 e. The first-order valence-electron chi connectivity index (χ1n) is 9.58. The molecule has 0 aliphatic carbocycles. The van der Waals surface area contributed by atoms with E-state index in [2.05, 4.69) is 36.6 Å². The largest absolute Gasteiger partial charge is 0.356 e. The Labute approximate surface area is 162 Å². The van der Waals surface area contributed by atoms with Crippen molar-refractivity contribution in [3.05, 3.63) is 71.8 Å². The molecule has 2 aromatic carbocycles. The first kappa shape index (κ1) is 20.7. The zero-order valence-electron chi connectivity index (χ0n) is 16.4. The summed E-state index contributed by atoms with van der Waals surface area (Å²) in [6.07, 6.45) is 1.17. The van der Waals surface area contributed by atoms with Crippen LogP contribution in [0.5, 0.6) is 0 Å². The highest BCUT2D eigenvalue weighted by Gasteiger charge is 2.19. The van der Waals surface area contributed by atoms with Gasteiger partial charge in [0.1, 0.15) is 0 Å². The fourth-order valence-corrected chi connectivity index (χ4v) is 3.15. The van der Waals surface area contributed by atoms with Crippen LogP contribution in [0.3, 0.4) is 0 Å². The third kappa shape index (κ3) is 7.26. The highest BCUT2D eigenvalue weighted by Crippen LogP contribution is 2.18. The lowest BCUT2D eigenvalue weighted by atomic mass is 9.89. The van der Waals surface area contributed by atoms with Gasteiger partial charge in [0, 0.05) is 13.5 Å². The van der Waals surface area contributed by atoms with Crippen molar-refractivity contribution >= 4 is 11.8 Å². The van der Waals surface area contributed by atoms with Crippen molar-refractivity contribution in [2.45, 2.75) is 39.7 Å². The van der Waals surface area contributed by atoms with Gasteiger partial charge in [-0.25, -0.2) is 0 Å². The first-order chi connectivity index (χ1) is 13.0. The van der Waals surface area contributed by atoms with Gasteiger partial charge in [-0.2, -0.15) is 0 Å². The van der Waals surface area contributed by atoms with E-state index >= 15 is 0 Å². The zero-order chi connectivity index (χ0) is 19.6. The molecule has 2 N–H and O–H groups in total. The van der Waals surface area contributed by atoms with Crippen LogP contribution >= 0.6 is 0 Å². The number of carbonyl (C=O) groups is 2. The van der Waals surface area contributed by atoms with Crippen LogP contribution in [0.15, 0.2) is 60.7 Å². The lowest BCUT2D eigenvalue weighted by molar-refractivity contribution is -0.123. The predicted octanol–water partition coefficient (Wildman–Crippen LogP) is 3.89. The van der Waals surface area contributed by atoms with Gasteiger partial charge in [0.2, 0.25) is 11.8 Å². The summed E-state index contributed by atoms with van der Waals surface area (Å²) in [5.74, 6) is 0.648. The number of benzene rings is 2. The van der Waals surface area contributed by atoms with Gasteiger partial charge in [-0.1, -0.05) is 74.5 Å². The molecule has 4 heteroatoms. The van der Waals surface area contributed by atoms with Gasteiger partial charge in [0.25, 0.3) is 0 Å². The average molecular weight is 367 g/mol. The summed E-state index contributed by atoms with van der Waals surface area (Å²) in [4.78, 5) is 24.1. The molecule has 0 saturated heterocycles. The van der Waals surface area contributed by atoms with Gasteiger partial charge in [0.15, 0.2) is 0 Å². The van der Waals surface area contributed by atoms with E-state index in [1.807, 2.05) is 48.5 Å². The fraction of sp³-hybridized carbons (Fsp3) is 0.391. The minimum absolute atomic E-state index is 0.0451. The van der Waals surface area contributed by atoms with E-state index < -0.39 is 0 Å². The van der Waals surface area contributed by atoms with Crippen LogP contribution < -0.4 is 10.6 Å². The molecular formula is C23H30N2O2. The Morgan fingerprint density at radius 1 is 0.926 bits per heavy atom. The topological polar surface area (TPSA) is 58.2 Å². The highest BCUT2D eigenvalue weighted by atomic mass is 16.2. The van der Waals surface area contributed by atoms with Crippen LogP contribution in [0, 0.1) is 11.8 Å². The second-order valence-electron chi connectivity index (χ2n) is 7.37. The van der Waals surface area contributed by atoms with Crippen LogP contribution in [0.1, 0.15) is 44.4 Å².